The van der Waals surface area contributed by atoms with Gasteiger partial charge in [-0.1, -0.05) is 53.7 Å². The van der Waals surface area contributed by atoms with E-state index in [1.807, 2.05) is 41.8 Å². The molecule has 2 heterocycles. The van der Waals surface area contributed by atoms with E-state index in [0.717, 1.165) is 21.8 Å². The predicted molar refractivity (Wildman–Crippen MR) is 107 cm³/mol. The number of thioether (sulfide) groups is 1. The van der Waals surface area contributed by atoms with Gasteiger partial charge in [-0.25, -0.2) is 9.97 Å². The smallest absolute Gasteiger partial charge is 0.316 e. The summed E-state index contributed by atoms with van der Waals surface area (Å²) < 4.78 is 10.9. The third-order valence-corrected chi connectivity index (χ3v) is 5.56. The number of esters is 1. The molecule has 0 aliphatic heterocycles. The summed E-state index contributed by atoms with van der Waals surface area (Å²) >= 11 is 2.76. The second-order valence-corrected chi connectivity index (χ2v) is 7.69. The average Bonchev–Trinajstić information content (AvgIpc) is 3.32. The predicted octanol–water partition coefficient (Wildman–Crippen LogP) is 5.10. The number of carbonyl (C=O) groups excluding carboxylic acids is 1. The molecular weight excluding hydrogens is 380 g/mol. The number of rotatable bonds is 6. The second kappa shape index (κ2) is 7.94. The molecule has 0 aliphatic rings. The summed E-state index contributed by atoms with van der Waals surface area (Å²) in [5.74, 6) is -0.186. The van der Waals surface area contributed by atoms with E-state index in [4.69, 9.17) is 9.15 Å². The Morgan fingerprint density at radius 1 is 1.15 bits per heavy atom. The number of aromatic nitrogens is 2. The number of hydrogen-bond donors (Lipinski definition) is 0. The zero-order valence-electron chi connectivity index (χ0n) is 14.5. The Morgan fingerprint density at radius 3 is 2.78 bits per heavy atom. The van der Waals surface area contributed by atoms with Crippen LogP contribution in [-0.4, -0.2) is 21.7 Å². The molecular formula is C20H16N2O3S2. The van der Waals surface area contributed by atoms with Crippen molar-refractivity contribution in [3.05, 3.63) is 65.2 Å². The van der Waals surface area contributed by atoms with Crippen LogP contribution in [0.1, 0.15) is 11.3 Å². The monoisotopic (exact) mass is 396 g/mol. The maximum Gasteiger partial charge on any atom is 0.316 e. The van der Waals surface area contributed by atoms with Gasteiger partial charge >= 0.3 is 5.97 Å². The van der Waals surface area contributed by atoms with E-state index in [0.29, 0.717) is 10.8 Å². The number of carbonyl (C=O) groups is 1. The number of nitrogens with zero attached hydrogens (tertiary/aromatic N) is 2. The van der Waals surface area contributed by atoms with Crippen molar-refractivity contribution in [3.8, 4) is 10.6 Å². The first-order valence-corrected chi connectivity index (χ1v) is 10.2. The lowest BCUT2D eigenvalue weighted by molar-refractivity contribution is -0.141. The lowest BCUT2D eigenvalue weighted by Crippen LogP contribution is -2.07. The molecule has 0 atom stereocenters. The van der Waals surface area contributed by atoms with Crippen molar-refractivity contribution in [3.63, 3.8) is 0 Å². The summed E-state index contributed by atoms with van der Waals surface area (Å²) in [5, 5.41) is 3.29. The van der Waals surface area contributed by atoms with Gasteiger partial charge in [-0.3, -0.25) is 4.79 Å². The highest BCUT2D eigenvalue weighted by molar-refractivity contribution is 7.99. The van der Waals surface area contributed by atoms with Crippen LogP contribution < -0.4 is 0 Å². The van der Waals surface area contributed by atoms with Crippen LogP contribution in [0.25, 0.3) is 21.7 Å². The van der Waals surface area contributed by atoms with Crippen molar-refractivity contribution in [1.82, 2.24) is 9.97 Å². The zero-order chi connectivity index (χ0) is 18.6. The number of fused-ring (bicyclic) bond motifs is 1. The molecule has 0 fully saturated rings. The van der Waals surface area contributed by atoms with Gasteiger partial charge in [-0.15, -0.1) is 11.3 Å². The highest BCUT2D eigenvalue weighted by atomic mass is 32.2. The Balaban J connectivity index is 1.29. The molecule has 0 aliphatic carbocycles. The lowest BCUT2D eigenvalue weighted by atomic mass is 10.2. The molecule has 0 bridgehead atoms. The van der Waals surface area contributed by atoms with Gasteiger partial charge < -0.3 is 9.15 Å². The molecule has 0 radical (unpaired) electrons. The third kappa shape index (κ3) is 4.37. The highest BCUT2D eigenvalue weighted by Gasteiger charge is 2.11. The van der Waals surface area contributed by atoms with Crippen molar-refractivity contribution in [2.45, 2.75) is 18.8 Å². The molecule has 4 aromatic rings. The molecule has 0 unspecified atom stereocenters. The Hall–Kier alpha value is -2.64. The van der Waals surface area contributed by atoms with Gasteiger partial charge in [0.2, 0.25) is 0 Å². The number of aryl methyl sites for hydroxylation is 1. The summed E-state index contributed by atoms with van der Waals surface area (Å²) in [6.07, 6.45) is 0. The molecule has 4 rings (SSSR count). The zero-order valence-corrected chi connectivity index (χ0v) is 16.2. The summed E-state index contributed by atoms with van der Waals surface area (Å²) in [7, 11) is 0. The molecule has 27 heavy (non-hydrogen) atoms. The molecule has 136 valence electrons. The molecule has 0 amide bonds. The first-order chi connectivity index (χ1) is 13.2. The van der Waals surface area contributed by atoms with Gasteiger partial charge in [-0.05, 0) is 19.1 Å². The Bertz CT molecular complexity index is 1040. The van der Waals surface area contributed by atoms with Crippen molar-refractivity contribution < 1.29 is 13.9 Å². The van der Waals surface area contributed by atoms with E-state index < -0.39 is 0 Å². The molecule has 0 N–H and O–H groups in total. The maximum absolute atomic E-state index is 12.0. The Kier molecular flexibility index (Phi) is 5.22. The summed E-state index contributed by atoms with van der Waals surface area (Å²) in [5.41, 5.74) is 4.50. The minimum Gasteiger partial charge on any atom is -0.459 e. The fraction of sp³-hybridized carbons (Fsp3) is 0.150. The molecule has 0 saturated heterocycles. The van der Waals surface area contributed by atoms with Crippen LogP contribution in [0.5, 0.6) is 0 Å². The van der Waals surface area contributed by atoms with E-state index in [2.05, 4.69) is 29.0 Å². The van der Waals surface area contributed by atoms with Crippen LogP contribution in [0.4, 0.5) is 0 Å². The Morgan fingerprint density at radius 2 is 1.96 bits per heavy atom. The number of hydrogen-bond acceptors (Lipinski definition) is 7. The van der Waals surface area contributed by atoms with Crippen molar-refractivity contribution in [2.75, 3.05) is 5.75 Å². The van der Waals surface area contributed by atoms with Gasteiger partial charge in [0.25, 0.3) is 5.22 Å². The molecule has 7 heteroatoms. The average molecular weight is 396 g/mol. The first-order valence-electron chi connectivity index (χ1n) is 8.33. The highest BCUT2D eigenvalue weighted by Crippen LogP contribution is 2.25. The molecule has 2 aromatic carbocycles. The van der Waals surface area contributed by atoms with Gasteiger partial charge in [0.1, 0.15) is 22.9 Å². The van der Waals surface area contributed by atoms with E-state index in [1.54, 1.807) is 11.3 Å². The van der Waals surface area contributed by atoms with Gasteiger partial charge in [0.15, 0.2) is 5.58 Å². The minimum absolute atomic E-state index is 0.141. The fourth-order valence-corrected chi connectivity index (χ4v) is 3.88. The third-order valence-electron chi connectivity index (χ3n) is 3.82. The quantitative estimate of drug-likeness (QED) is 0.334. The normalized spacial score (nSPS) is 11.0. The number of benzene rings is 2. The fourth-order valence-electron chi connectivity index (χ4n) is 2.43. The number of para-hydroxylation sites is 2. The van der Waals surface area contributed by atoms with Crippen LogP contribution in [0.15, 0.2) is 63.6 Å². The van der Waals surface area contributed by atoms with Crippen molar-refractivity contribution >= 4 is 40.2 Å². The lowest BCUT2D eigenvalue weighted by Gasteiger charge is -2.01. The largest absolute Gasteiger partial charge is 0.459 e. The van der Waals surface area contributed by atoms with E-state index >= 15 is 0 Å². The SMILES string of the molecule is Cc1ccc(-c2nc(COC(=O)CSc3nc4ccccc4o3)cs2)cc1. The standard InChI is InChI=1S/C20H16N2O3S2/c1-13-6-8-14(9-7-13)19-21-15(11-26-19)10-24-18(23)12-27-20-22-16-4-2-3-5-17(16)25-20/h2-9,11H,10,12H2,1H3. The topological polar surface area (TPSA) is 65.2 Å². The van der Waals surface area contributed by atoms with Crippen molar-refractivity contribution in [1.29, 1.82) is 0 Å². The van der Waals surface area contributed by atoms with Gasteiger partial charge in [0, 0.05) is 10.9 Å². The van der Waals surface area contributed by atoms with Crippen LogP contribution in [0, 0.1) is 6.92 Å². The van der Waals surface area contributed by atoms with Crippen molar-refractivity contribution in [2.24, 2.45) is 0 Å². The van der Waals surface area contributed by atoms with Crippen LogP contribution in [-0.2, 0) is 16.1 Å². The maximum atomic E-state index is 12.0. The van der Waals surface area contributed by atoms with E-state index in [9.17, 15) is 4.79 Å². The number of ether oxygens (including phenoxy) is 1. The van der Waals surface area contributed by atoms with Gasteiger partial charge in [0.05, 0.1) is 5.69 Å². The summed E-state index contributed by atoms with van der Waals surface area (Å²) in [6.45, 7) is 2.21. The molecule has 2 aromatic heterocycles. The van der Waals surface area contributed by atoms with E-state index in [-0.39, 0.29) is 18.3 Å². The Labute approximate surface area is 164 Å². The van der Waals surface area contributed by atoms with Crippen LogP contribution >= 0.6 is 23.1 Å². The summed E-state index contributed by atoms with van der Waals surface area (Å²) in [4.78, 5) is 20.8. The molecule has 0 spiro atoms. The second-order valence-electron chi connectivity index (χ2n) is 5.91. The molecule has 0 saturated carbocycles. The first kappa shape index (κ1) is 17.8. The number of thiazole rings is 1. The van der Waals surface area contributed by atoms with E-state index in [1.165, 1.54) is 17.3 Å². The minimum atomic E-state index is -0.327. The van der Waals surface area contributed by atoms with Crippen LogP contribution in [0.3, 0.4) is 0 Å². The van der Waals surface area contributed by atoms with Gasteiger partial charge in [-0.2, -0.15) is 0 Å². The molecule has 5 nitrogen and oxygen atoms in total. The number of oxazole rings is 1. The van der Waals surface area contributed by atoms with Crippen LogP contribution in [0.2, 0.25) is 0 Å². The summed E-state index contributed by atoms with van der Waals surface area (Å²) in [6, 6.07) is 15.7.